The highest BCUT2D eigenvalue weighted by Gasteiger charge is 2.26. The van der Waals surface area contributed by atoms with Gasteiger partial charge in [-0.15, -0.1) is 0 Å². The fourth-order valence-electron chi connectivity index (χ4n) is 10.9. The molecular weight excluding hydrogens is 797 g/mol. The Morgan fingerprint density at radius 3 is 1.74 bits per heavy atom. The Hall–Kier alpha value is -7.94. The molecule has 1 aromatic heterocycles. The highest BCUT2D eigenvalue weighted by molar-refractivity contribution is 6.15. The second-order valence-electron chi connectivity index (χ2n) is 17.8. The number of hydrogen-bond acceptors (Lipinski definition) is 1. The zero-order chi connectivity index (χ0) is 43.8. The molecule has 0 spiro atoms. The standard InChI is InChI=1S/C64H50N2/c1-5-20-46(21-6-1)53-43-40-50(44-59(53)48-24-9-3-10-25-48)45-38-41-52(42-39-45)65(62-37-19-34-58-56-31-14-16-36-61(56)66(64(58)62)51-28-11-4-12-29-51)60-35-15-13-30-55(60)57-33-18-27-49-26-17-32-54(63(49)57)47-22-7-2-8-23-47/h1,3-6,9-21,24-44,47H,2,7-8,22-23H2. The minimum Gasteiger partial charge on any atom is -0.308 e. The van der Waals surface area contributed by atoms with Crippen LogP contribution in [0.4, 0.5) is 17.1 Å². The minimum absolute atomic E-state index is 0.568. The Bertz CT molecular complexity index is 3480. The Kier molecular flexibility index (Phi) is 10.3. The van der Waals surface area contributed by atoms with E-state index >= 15 is 0 Å². The Labute approximate surface area is 387 Å². The second kappa shape index (κ2) is 17.2. The first-order valence-electron chi connectivity index (χ1n) is 23.6. The van der Waals surface area contributed by atoms with Crippen LogP contribution in [0, 0.1) is 0 Å². The molecule has 2 nitrogen and oxygen atoms in total. The molecule has 0 N–H and O–H groups in total. The molecule has 316 valence electrons. The number of anilines is 3. The topological polar surface area (TPSA) is 8.17 Å². The summed E-state index contributed by atoms with van der Waals surface area (Å²) in [5, 5.41) is 5.16. The van der Waals surface area contributed by atoms with E-state index in [1.165, 1.54) is 115 Å². The molecule has 1 fully saturated rings. The predicted molar refractivity (Wildman–Crippen MR) is 281 cm³/mol. The van der Waals surface area contributed by atoms with Gasteiger partial charge in [0.25, 0.3) is 0 Å². The van der Waals surface area contributed by atoms with Gasteiger partial charge in [0.1, 0.15) is 0 Å². The van der Waals surface area contributed by atoms with E-state index in [0.29, 0.717) is 5.92 Å². The summed E-state index contributed by atoms with van der Waals surface area (Å²) in [5.74, 6) is 0.568. The van der Waals surface area contributed by atoms with Crippen molar-refractivity contribution in [3.63, 3.8) is 0 Å². The number of hydrogen-bond donors (Lipinski definition) is 0. The monoisotopic (exact) mass is 846 g/mol. The summed E-state index contributed by atoms with van der Waals surface area (Å²) in [6.07, 6.45) is 6.44. The lowest BCUT2D eigenvalue weighted by Gasteiger charge is -2.30. The molecule has 0 atom stereocenters. The quantitative estimate of drug-likeness (QED) is 0.140. The molecule has 12 rings (SSSR count). The van der Waals surface area contributed by atoms with E-state index in [9.17, 15) is 0 Å². The third-order valence-electron chi connectivity index (χ3n) is 14.0. The summed E-state index contributed by atoms with van der Waals surface area (Å²) >= 11 is 0. The van der Waals surface area contributed by atoms with Gasteiger partial charge in [-0.1, -0.05) is 207 Å². The van der Waals surface area contributed by atoms with Gasteiger partial charge in [-0.3, -0.25) is 0 Å². The normalized spacial score (nSPS) is 13.1. The van der Waals surface area contributed by atoms with Crippen LogP contribution in [0.1, 0.15) is 43.6 Å². The zero-order valence-electron chi connectivity index (χ0n) is 37.0. The Balaban J connectivity index is 1.08. The Morgan fingerprint density at radius 2 is 0.970 bits per heavy atom. The van der Waals surface area contributed by atoms with E-state index in [1.807, 2.05) is 0 Å². The maximum absolute atomic E-state index is 2.52. The minimum atomic E-state index is 0.568. The van der Waals surface area contributed by atoms with Crippen molar-refractivity contribution >= 4 is 49.6 Å². The summed E-state index contributed by atoms with van der Waals surface area (Å²) in [6.45, 7) is 0. The van der Waals surface area contributed by atoms with Gasteiger partial charge >= 0.3 is 0 Å². The van der Waals surface area contributed by atoms with Crippen molar-refractivity contribution in [3.05, 3.63) is 242 Å². The van der Waals surface area contributed by atoms with Gasteiger partial charge in [0.2, 0.25) is 0 Å². The fourth-order valence-corrected chi connectivity index (χ4v) is 10.9. The van der Waals surface area contributed by atoms with Gasteiger partial charge in [-0.05, 0) is 123 Å². The third-order valence-corrected chi connectivity index (χ3v) is 14.0. The molecule has 0 bridgehead atoms. The second-order valence-corrected chi connectivity index (χ2v) is 17.8. The number of para-hydroxylation sites is 4. The van der Waals surface area contributed by atoms with Crippen molar-refractivity contribution in [1.82, 2.24) is 4.57 Å². The SMILES string of the molecule is c1ccc(-c2ccc(-c3ccc(N(c4ccccc4-c4cccc5cccc(C6CCCCC6)c45)c4cccc5c6ccccc6n(-c6ccccc6)c45)cc3)cc2-c2ccccc2)cc1. The molecule has 11 aromatic rings. The summed E-state index contributed by atoms with van der Waals surface area (Å²) < 4.78 is 2.46. The summed E-state index contributed by atoms with van der Waals surface area (Å²) in [4.78, 5) is 2.52. The van der Waals surface area contributed by atoms with E-state index in [-0.39, 0.29) is 0 Å². The van der Waals surface area contributed by atoms with Gasteiger partial charge in [0.15, 0.2) is 0 Å². The average Bonchev–Trinajstić information content (AvgIpc) is 3.75. The number of benzene rings is 10. The van der Waals surface area contributed by atoms with Gasteiger partial charge in [-0.25, -0.2) is 0 Å². The summed E-state index contributed by atoms with van der Waals surface area (Å²) in [7, 11) is 0. The number of rotatable bonds is 9. The highest BCUT2D eigenvalue weighted by atomic mass is 15.2. The molecular formula is C64H50N2. The van der Waals surface area contributed by atoms with Crippen LogP contribution in [-0.4, -0.2) is 4.57 Å². The molecule has 10 aromatic carbocycles. The molecule has 0 amide bonds. The van der Waals surface area contributed by atoms with Crippen molar-refractivity contribution < 1.29 is 0 Å². The average molecular weight is 847 g/mol. The molecule has 0 saturated heterocycles. The van der Waals surface area contributed by atoms with Crippen LogP contribution in [0.3, 0.4) is 0 Å². The molecule has 1 heterocycles. The van der Waals surface area contributed by atoms with Crippen LogP contribution in [0.15, 0.2) is 237 Å². The molecule has 0 radical (unpaired) electrons. The number of aromatic nitrogens is 1. The lowest BCUT2D eigenvalue weighted by Crippen LogP contribution is -2.13. The van der Waals surface area contributed by atoms with Crippen LogP contribution in [0.25, 0.3) is 82.8 Å². The first-order chi connectivity index (χ1) is 32.8. The van der Waals surface area contributed by atoms with Crippen molar-refractivity contribution in [2.45, 2.75) is 38.0 Å². The van der Waals surface area contributed by atoms with E-state index in [0.717, 1.165) is 22.7 Å². The lowest BCUT2D eigenvalue weighted by atomic mass is 9.80. The maximum Gasteiger partial charge on any atom is 0.0782 e. The molecule has 0 unspecified atom stereocenters. The van der Waals surface area contributed by atoms with Gasteiger partial charge in [0, 0.05) is 27.7 Å². The molecule has 2 heteroatoms. The predicted octanol–water partition coefficient (Wildman–Crippen LogP) is 18.1. The van der Waals surface area contributed by atoms with Crippen LogP contribution < -0.4 is 4.90 Å². The van der Waals surface area contributed by atoms with Crippen LogP contribution in [-0.2, 0) is 0 Å². The van der Waals surface area contributed by atoms with Crippen molar-refractivity contribution in [1.29, 1.82) is 0 Å². The highest BCUT2D eigenvalue weighted by Crippen LogP contribution is 2.49. The van der Waals surface area contributed by atoms with Crippen molar-refractivity contribution in [2.24, 2.45) is 0 Å². The van der Waals surface area contributed by atoms with Crippen LogP contribution in [0.2, 0.25) is 0 Å². The van der Waals surface area contributed by atoms with Crippen LogP contribution in [0.5, 0.6) is 0 Å². The van der Waals surface area contributed by atoms with Crippen molar-refractivity contribution in [2.75, 3.05) is 4.90 Å². The van der Waals surface area contributed by atoms with Crippen molar-refractivity contribution in [3.8, 4) is 50.2 Å². The molecule has 66 heavy (non-hydrogen) atoms. The smallest absolute Gasteiger partial charge is 0.0782 e. The Morgan fingerprint density at radius 1 is 0.379 bits per heavy atom. The van der Waals surface area contributed by atoms with E-state index in [4.69, 9.17) is 0 Å². The first kappa shape index (κ1) is 39.6. The third kappa shape index (κ3) is 7.07. The van der Waals surface area contributed by atoms with Gasteiger partial charge < -0.3 is 9.47 Å². The maximum atomic E-state index is 2.52. The van der Waals surface area contributed by atoms with Gasteiger partial charge in [-0.2, -0.15) is 0 Å². The summed E-state index contributed by atoms with van der Waals surface area (Å²) in [6, 6.07) is 87.3. The summed E-state index contributed by atoms with van der Waals surface area (Å²) in [5.41, 5.74) is 18.1. The fraction of sp³-hybridized carbons (Fsp3) is 0.0938. The number of fused-ring (bicyclic) bond motifs is 4. The van der Waals surface area contributed by atoms with E-state index in [2.05, 4.69) is 246 Å². The molecule has 1 aliphatic carbocycles. The largest absolute Gasteiger partial charge is 0.308 e. The molecule has 1 aliphatic rings. The van der Waals surface area contributed by atoms with Gasteiger partial charge in [0.05, 0.1) is 22.4 Å². The number of nitrogens with zero attached hydrogens (tertiary/aromatic N) is 2. The zero-order valence-corrected chi connectivity index (χ0v) is 37.0. The van der Waals surface area contributed by atoms with Crippen LogP contribution >= 0.6 is 0 Å². The first-order valence-corrected chi connectivity index (χ1v) is 23.6. The van der Waals surface area contributed by atoms with E-state index < -0.39 is 0 Å². The molecule has 0 aliphatic heterocycles. The lowest BCUT2D eigenvalue weighted by molar-refractivity contribution is 0.445. The van der Waals surface area contributed by atoms with E-state index in [1.54, 1.807) is 0 Å². The molecule has 1 saturated carbocycles.